The average Bonchev–Trinajstić information content (AvgIpc) is 2.51. The summed E-state index contributed by atoms with van der Waals surface area (Å²) in [5.74, 6) is 0. The van der Waals surface area contributed by atoms with Crippen LogP contribution in [0.5, 0.6) is 0 Å². The Morgan fingerprint density at radius 1 is 1.38 bits per heavy atom. The van der Waals surface area contributed by atoms with Crippen molar-refractivity contribution in [1.29, 1.82) is 0 Å². The van der Waals surface area contributed by atoms with Crippen LogP contribution in [0.4, 0.5) is 0 Å². The normalized spacial score (nSPS) is 10.3. The Morgan fingerprint density at radius 2 is 2.23 bits per heavy atom. The summed E-state index contributed by atoms with van der Waals surface area (Å²) in [4.78, 5) is 9.22. The van der Waals surface area contributed by atoms with Crippen LogP contribution in [0, 0.1) is 6.92 Å². The van der Waals surface area contributed by atoms with Crippen molar-refractivity contribution in [1.82, 2.24) is 9.97 Å². The molecule has 0 saturated carbocycles. The molecule has 0 saturated heterocycles. The van der Waals surface area contributed by atoms with E-state index in [9.17, 15) is 0 Å². The van der Waals surface area contributed by atoms with Gasteiger partial charge in [-0.1, -0.05) is 0 Å². The Bertz CT molecular complexity index is 425. The van der Waals surface area contributed by atoms with E-state index in [1.165, 1.54) is 4.88 Å². The molecule has 13 heavy (non-hydrogen) atoms. The molecule has 0 unspecified atom stereocenters. The van der Waals surface area contributed by atoms with Crippen LogP contribution < -0.4 is 0 Å². The highest BCUT2D eigenvalue weighted by Crippen LogP contribution is 2.25. The molecule has 0 radical (unpaired) electrons. The van der Waals surface area contributed by atoms with Crippen LogP contribution in [0.25, 0.3) is 11.3 Å². The Hall–Kier alpha value is -0.930. The number of hydrogen-bond acceptors (Lipinski definition) is 3. The van der Waals surface area contributed by atoms with Crippen LogP contribution in [-0.4, -0.2) is 9.97 Å². The van der Waals surface area contributed by atoms with E-state index in [2.05, 4.69) is 16.9 Å². The maximum absolute atomic E-state index is 5.70. The van der Waals surface area contributed by atoms with Crippen molar-refractivity contribution in [3.05, 3.63) is 33.9 Å². The molecule has 0 bridgehead atoms. The molecule has 0 aliphatic heterocycles. The van der Waals surface area contributed by atoms with Crippen molar-refractivity contribution >= 4 is 22.9 Å². The topological polar surface area (TPSA) is 25.8 Å². The van der Waals surface area contributed by atoms with Gasteiger partial charge in [0.05, 0.1) is 5.69 Å². The first-order chi connectivity index (χ1) is 6.27. The lowest BCUT2D eigenvalue weighted by atomic mass is 10.2. The number of aromatic nitrogens is 2. The summed E-state index contributed by atoms with van der Waals surface area (Å²) in [5.41, 5.74) is 2.02. The molecule has 0 aliphatic rings. The first-order valence-corrected chi connectivity index (χ1v) is 5.06. The summed E-state index contributed by atoms with van der Waals surface area (Å²) in [7, 11) is 0. The zero-order valence-corrected chi connectivity index (χ0v) is 8.56. The third-order valence-corrected chi connectivity index (χ3v) is 2.79. The molecule has 66 valence electrons. The molecule has 2 nitrogen and oxygen atoms in total. The lowest BCUT2D eigenvalue weighted by molar-refractivity contribution is 1.17. The second-order valence-electron chi connectivity index (χ2n) is 2.60. The lowest BCUT2D eigenvalue weighted by Crippen LogP contribution is -1.85. The van der Waals surface area contributed by atoms with Gasteiger partial charge in [0.2, 0.25) is 5.28 Å². The van der Waals surface area contributed by atoms with Gasteiger partial charge in [0.15, 0.2) is 0 Å². The number of rotatable bonds is 1. The summed E-state index contributed by atoms with van der Waals surface area (Å²) in [6.07, 6.45) is 1.67. The van der Waals surface area contributed by atoms with Gasteiger partial charge in [0.1, 0.15) is 0 Å². The zero-order valence-electron chi connectivity index (χ0n) is 6.99. The van der Waals surface area contributed by atoms with Crippen molar-refractivity contribution in [3.63, 3.8) is 0 Å². The van der Waals surface area contributed by atoms with Crippen molar-refractivity contribution < 1.29 is 0 Å². The van der Waals surface area contributed by atoms with Crippen LogP contribution in [0.3, 0.4) is 0 Å². The highest BCUT2D eigenvalue weighted by molar-refractivity contribution is 7.10. The summed E-state index contributed by atoms with van der Waals surface area (Å²) in [6, 6.07) is 3.90. The summed E-state index contributed by atoms with van der Waals surface area (Å²) >= 11 is 7.40. The molecule has 0 N–H and O–H groups in total. The molecule has 0 aromatic carbocycles. The highest BCUT2D eigenvalue weighted by atomic mass is 35.5. The standard InChI is InChI=1S/C9H7ClN2S/c1-6-7(3-5-13-6)8-2-4-11-9(10)12-8/h2-5H,1H3. The smallest absolute Gasteiger partial charge is 0.222 e. The maximum atomic E-state index is 5.70. The SMILES string of the molecule is Cc1sccc1-c1ccnc(Cl)n1. The van der Waals surface area contributed by atoms with E-state index < -0.39 is 0 Å². The van der Waals surface area contributed by atoms with Crippen molar-refractivity contribution in [2.45, 2.75) is 6.92 Å². The molecular formula is C9H7ClN2S. The molecule has 0 aliphatic carbocycles. The minimum Gasteiger partial charge on any atom is -0.226 e. The molecule has 0 spiro atoms. The fourth-order valence-corrected chi connectivity index (χ4v) is 1.99. The van der Waals surface area contributed by atoms with Gasteiger partial charge >= 0.3 is 0 Å². The molecule has 2 rings (SSSR count). The van der Waals surface area contributed by atoms with Crippen LogP contribution >= 0.6 is 22.9 Å². The van der Waals surface area contributed by atoms with Gasteiger partial charge in [-0.15, -0.1) is 11.3 Å². The van der Waals surface area contributed by atoms with Crippen molar-refractivity contribution in [2.75, 3.05) is 0 Å². The molecular weight excluding hydrogens is 204 g/mol. The molecule has 2 aromatic heterocycles. The largest absolute Gasteiger partial charge is 0.226 e. The van der Waals surface area contributed by atoms with Gasteiger partial charge in [-0.05, 0) is 36.0 Å². The summed E-state index contributed by atoms with van der Waals surface area (Å²) < 4.78 is 0. The molecule has 0 fully saturated rings. The lowest BCUT2D eigenvalue weighted by Gasteiger charge is -1.98. The van der Waals surface area contributed by atoms with E-state index in [1.54, 1.807) is 17.5 Å². The zero-order chi connectivity index (χ0) is 9.26. The monoisotopic (exact) mass is 210 g/mol. The van der Waals surface area contributed by atoms with E-state index in [4.69, 9.17) is 11.6 Å². The molecule has 0 amide bonds. The number of nitrogens with zero attached hydrogens (tertiary/aromatic N) is 2. The Morgan fingerprint density at radius 3 is 2.85 bits per heavy atom. The van der Waals surface area contributed by atoms with E-state index in [1.807, 2.05) is 17.5 Å². The van der Waals surface area contributed by atoms with Gasteiger partial charge < -0.3 is 0 Å². The van der Waals surface area contributed by atoms with Crippen LogP contribution in [0.2, 0.25) is 5.28 Å². The Labute approximate surface area is 85.2 Å². The van der Waals surface area contributed by atoms with Gasteiger partial charge in [-0.2, -0.15) is 0 Å². The third-order valence-electron chi connectivity index (χ3n) is 1.76. The molecule has 4 heteroatoms. The van der Waals surface area contributed by atoms with Gasteiger partial charge in [-0.3, -0.25) is 0 Å². The maximum Gasteiger partial charge on any atom is 0.222 e. The number of thiophene rings is 1. The van der Waals surface area contributed by atoms with E-state index >= 15 is 0 Å². The van der Waals surface area contributed by atoms with Crippen molar-refractivity contribution in [3.8, 4) is 11.3 Å². The second-order valence-corrected chi connectivity index (χ2v) is 4.06. The van der Waals surface area contributed by atoms with Crippen LogP contribution in [-0.2, 0) is 0 Å². The number of hydrogen-bond donors (Lipinski definition) is 0. The predicted molar refractivity (Wildman–Crippen MR) is 55.1 cm³/mol. The van der Waals surface area contributed by atoms with Gasteiger partial charge in [0, 0.05) is 16.6 Å². The number of halogens is 1. The average molecular weight is 211 g/mol. The van der Waals surface area contributed by atoms with Gasteiger partial charge in [-0.25, -0.2) is 9.97 Å². The Kier molecular flexibility index (Phi) is 2.29. The summed E-state index contributed by atoms with van der Waals surface area (Å²) in [6.45, 7) is 2.07. The first kappa shape index (κ1) is 8.66. The van der Waals surface area contributed by atoms with Crippen molar-refractivity contribution in [2.24, 2.45) is 0 Å². The fourth-order valence-electron chi connectivity index (χ4n) is 1.14. The summed E-state index contributed by atoms with van der Waals surface area (Å²) in [5, 5.41) is 2.34. The third kappa shape index (κ3) is 1.71. The molecule has 0 atom stereocenters. The number of aryl methyl sites for hydroxylation is 1. The minimum atomic E-state index is 0.295. The van der Waals surface area contributed by atoms with E-state index in [-0.39, 0.29) is 0 Å². The Balaban J connectivity index is 2.53. The minimum absolute atomic E-state index is 0.295. The fraction of sp³-hybridized carbons (Fsp3) is 0.111. The van der Waals surface area contributed by atoms with Gasteiger partial charge in [0.25, 0.3) is 0 Å². The molecule has 2 aromatic rings. The van der Waals surface area contributed by atoms with E-state index in [0.717, 1.165) is 11.3 Å². The first-order valence-electron chi connectivity index (χ1n) is 3.80. The second kappa shape index (κ2) is 3.44. The quantitative estimate of drug-likeness (QED) is 0.676. The molecule has 2 heterocycles. The van der Waals surface area contributed by atoms with Crippen LogP contribution in [0.15, 0.2) is 23.7 Å². The van der Waals surface area contributed by atoms with E-state index in [0.29, 0.717) is 5.28 Å². The highest BCUT2D eigenvalue weighted by Gasteiger charge is 2.04. The van der Waals surface area contributed by atoms with Crippen LogP contribution in [0.1, 0.15) is 4.88 Å². The predicted octanol–water partition coefficient (Wildman–Crippen LogP) is 3.17.